The van der Waals surface area contributed by atoms with Crippen LogP contribution in [0, 0.1) is 0 Å². The van der Waals surface area contributed by atoms with Crippen molar-refractivity contribution in [1.29, 1.82) is 0 Å². The minimum Gasteiger partial charge on any atom is -0.466 e. The molecule has 0 N–H and O–H groups in total. The fourth-order valence-electron chi connectivity index (χ4n) is 3.12. The van der Waals surface area contributed by atoms with Gasteiger partial charge in [0.15, 0.2) is 16.7 Å². The van der Waals surface area contributed by atoms with Crippen LogP contribution in [0.25, 0.3) is 0 Å². The number of aliphatic imine (C=N–C) groups is 1. The molecule has 0 saturated carbocycles. The first-order chi connectivity index (χ1) is 16.0. The minimum absolute atomic E-state index is 0.151. The minimum atomic E-state index is -0.631. The van der Waals surface area contributed by atoms with Crippen molar-refractivity contribution in [2.45, 2.75) is 13.5 Å². The van der Waals surface area contributed by atoms with Gasteiger partial charge in [0, 0.05) is 6.08 Å². The maximum Gasteiger partial charge on any atom is 0.338 e. The number of fused-ring (bicyclic) bond motifs is 1. The topological polar surface area (TPSA) is 104 Å². The molecule has 170 valence electrons. The van der Waals surface area contributed by atoms with Gasteiger partial charge < -0.3 is 18.9 Å². The van der Waals surface area contributed by atoms with Gasteiger partial charge in [-0.1, -0.05) is 6.07 Å². The van der Waals surface area contributed by atoms with Crippen LogP contribution < -0.4 is 9.47 Å². The van der Waals surface area contributed by atoms with Crippen molar-refractivity contribution in [3.63, 3.8) is 0 Å². The number of hydrogen-bond acceptors (Lipinski definition) is 9. The summed E-state index contributed by atoms with van der Waals surface area (Å²) in [5.41, 5.74) is 1.74. The third-order valence-corrected chi connectivity index (χ3v) is 5.73. The molecule has 2 aliphatic heterocycles. The highest BCUT2D eigenvalue weighted by Gasteiger charge is 2.34. The number of carbonyl (C=O) groups is 3. The van der Waals surface area contributed by atoms with E-state index >= 15 is 0 Å². The number of rotatable bonds is 6. The zero-order valence-electron chi connectivity index (χ0n) is 17.9. The molecule has 0 bridgehead atoms. The largest absolute Gasteiger partial charge is 0.466 e. The van der Waals surface area contributed by atoms with Crippen LogP contribution in [0.3, 0.4) is 0 Å². The van der Waals surface area contributed by atoms with Gasteiger partial charge in [0.2, 0.25) is 6.79 Å². The van der Waals surface area contributed by atoms with Crippen LogP contribution in [-0.4, -0.2) is 48.4 Å². The van der Waals surface area contributed by atoms with Crippen molar-refractivity contribution in [3.8, 4) is 11.5 Å². The Bertz CT molecular complexity index is 1160. The van der Waals surface area contributed by atoms with E-state index < -0.39 is 11.9 Å². The maximum absolute atomic E-state index is 13.0. The summed E-state index contributed by atoms with van der Waals surface area (Å²) in [5.74, 6) is -0.179. The molecule has 0 unspecified atom stereocenters. The molecule has 1 amide bonds. The lowest BCUT2D eigenvalue weighted by molar-refractivity contribution is -0.135. The van der Waals surface area contributed by atoms with Crippen molar-refractivity contribution in [2.75, 3.05) is 20.5 Å². The highest BCUT2D eigenvalue weighted by Crippen LogP contribution is 2.36. The molecule has 1 fully saturated rings. The standard InChI is InChI=1S/C23H20N2O7S/c1-3-30-22(28)15-5-7-16(8-6-15)24-23-25(21(27)19(33-23)11-20(26)29-2)12-14-4-9-17-18(10-14)32-13-31-17/h4-11H,3,12-13H2,1-2H3. The Kier molecular flexibility index (Phi) is 6.64. The number of nitrogens with zero attached hydrogens (tertiary/aromatic N) is 2. The van der Waals surface area contributed by atoms with Crippen LogP contribution in [0.2, 0.25) is 0 Å². The molecule has 1 saturated heterocycles. The molecule has 0 spiro atoms. The quantitative estimate of drug-likeness (QED) is 0.469. The van der Waals surface area contributed by atoms with Crippen molar-refractivity contribution < 1.29 is 33.3 Å². The molecule has 0 aliphatic carbocycles. The molecule has 2 aliphatic rings. The highest BCUT2D eigenvalue weighted by atomic mass is 32.2. The first kappa shape index (κ1) is 22.4. The number of hydrogen-bond donors (Lipinski definition) is 0. The highest BCUT2D eigenvalue weighted by molar-refractivity contribution is 8.18. The summed E-state index contributed by atoms with van der Waals surface area (Å²) in [6.45, 7) is 2.38. The smallest absolute Gasteiger partial charge is 0.338 e. The number of ether oxygens (including phenoxy) is 4. The van der Waals surface area contributed by atoms with Gasteiger partial charge in [0.05, 0.1) is 36.4 Å². The summed E-state index contributed by atoms with van der Waals surface area (Å²) >= 11 is 1.07. The number of amidine groups is 1. The van der Waals surface area contributed by atoms with Crippen LogP contribution in [0.5, 0.6) is 11.5 Å². The van der Waals surface area contributed by atoms with E-state index in [9.17, 15) is 14.4 Å². The summed E-state index contributed by atoms with van der Waals surface area (Å²) in [7, 11) is 1.24. The number of carbonyl (C=O) groups excluding carboxylic acids is 3. The van der Waals surface area contributed by atoms with Gasteiger partial charge in [0.25, 0.3) is 5.91 Å². The van der Waals surface area contributed by atoms with E-state index in [0.717, 1.165) is 23.4 Å². The molecular weight excluding hydrogens is 448 g/mol. The van der Waals surface area contributed by atoms with Crippen LogP contribution >= 0.6 is 11.8 Å². The molecule has 9 nitrogen and oxygen atoms in total. The van der Waals surface area contributed by atoms with Crippen LogP contribution in [0.4, 0.5) is 5.69 Å². The summed E-state index contributed by atoms with van der Waals surface area (Å²) in [4.78, 5) is 42.9. The Morgan fingerprint density at radius 3 is 2.64 bits per heavy atom. The van der Waals surface area contributed by atoms with Crippen LogP contribution in [0.1, 0.15) is 22.8 Å². The first-order valence-corrected chi connectivity index (χ1v) is 10.8. The number of thioether (sulfide) groups is 1. The molecule has 33 heavy (non-hydrogen) atoms. The molecular formula is C23H20N2O7S. The zero-order chi connectivity index (χ0) is 23.4. The SMILES string of the molecule is CCOC(=O)c1ccc(N=C2SC(=CC(=O)OC)C(=O)N2Cc2ccc3c(c2)OCO3)cc1. The predicted molar refractivity (Wildman–Crippen MR) is 120 cm³/mol. The molecule has 2 aromatic rings. The van der Waals surface area contributed by atoms with Crippen LogP contribution in [-0.2, 0) is 25.6 Å². The molecule has 10 heteroatoms. The van der Waals surface area contributed by atoms with E-state index in [0.29, 0.717) is 27.9 Å². The van der Waals surface area contributed by atoms with Gasteiger partial charge in [0.1, 0.15) is 0 Å². The second-order valence-electron chi connectivity index (χ2n) is 6.87. The summed E-state index contributed by atoms with van der Waals surface area (Å²) in [6, 6.07) is 11.9. The molecule has 0 radical (unpaired) electrons. The Hall–Kier alpha value is -3.79. The van der Waals surface area contributed by atoms with E-state index in [4.69, 9.17) is 14.2 Å². The Morgan fingerprint density at radius 1 is 1.15 bits per heavy atom. The lowest BCUT2D eigenvalue weighted by Gasteiger charge is -2.16. The fraction of sp³-hybridized carbons (Fsp3) is 0.217. The van der Waals surface area contributed by atoms with Gasteiger partial charge in [-0.25, -0.2) is 14.6 Å². The van der Waals surface area contributed by atoms with Crippen LogP contribution in [0.15, 0.2) is 58.4 Å². The molecule has 0 atom stereocenters. The zero-order valence-corrected chi connectivity index (χ0v) is 18.7. The predicted octanol–water partition coefficient (Wildman–Crippen LogP) is 3.41. The van der Waals surface area contributed by atoms with Gasteiger partial charge in [-0.2, -0.15) is 0 Å². The second kappa shape index (κ2) is 9.78. The summed E-state index contributed by atoms with van der Waals surface area (Å²) < 4.78 is 20.4. The van der Waals surface area contributed by atoms with Gasteiger partial charge in [-0.15, -0.1) is 0 Å². The van der Waals surface area contributed by atoms with Crippen molar-refractivity contribution in [1.82, 2.24) is 4.90 Å². The summed E-state index contributed by atoms with van der Waals surface area (Å²) in [6.07, 6.45) is 1.14. The fourth-order valence-corrected chi connectivity index (χ4v) is 4.07. The second-order valence-corrected chi connectivity index (χ2v) is 7.88. The summed E-state index contributed by atoms with van der Waals surface area (Å²) in [5, 5.41) is 0.386. The third-order valence-electron chi connectivity index (χ3n) is 4.72. The molecule has 0 aromatic heterocycles. The van der Waals surface area contributed by atoms with Crippen molar-refractivity contribution in [3.05, 3.63) is 64.6 Å². The van der Waals surface area contributed by atoms with Gasteiger partial charge >= 0.3 is 11.9 Å². The molecule has 2 aromatic carbocycles. The van der Waals surface area contributed by atoms with Crippen molar-refractivity contribution in [2.24, 2.45) is 4.99 Å². The van der Waals surface area contributed by atoms with E-state index in [1.807, 2.05) is 6.07 Å². The van der Waals surface area contributed by atoms with Gasteiger partial charge in [-0.05, 0) is 60.6 Å². The average Bonchev–Trinajstić information content (AvgIpc) is 3.39. The lowest BCUT2D eigenvalue weighted by Crippen LogP contribution is -2.28. The molecule has 2 heterocycles. The lowest BCUT2D eigenvalue weighted by atomic mass is 10.2. The Labute approximate surface area is 194 Å². The van der Waals surface area contributed by atoms with E-state index in [1.54, 1.807) is 43.3 Å². The number of benzene rings is 2. The molecule has 4 rings (SSSR count). The number of methoxy groups -OCH3 is 1. The Balaban J connectivity index is 1.63. The van der Waals surface area contributed by atoms with Gasteiger partial charge in [-0.3, -0.25) is 9.69 Å². The first-order valence-electron chi connectivity index (χ1n) is 10.0. The monoisotopic (exact) mass is 468 g/mol. The van der Waals surface area contributed by atoms with E-state index in [2.05, 4.69) is 9.73 Å². The average molecular weight is 468 g/mol. The number of amides is 1. The Morgan fingerprint density at radius 2 is 1.91 bits per heavy atom. The third kappa shape index (κ3) is 5.01. The maximum atomic E-state index is 13.0. The van der Waals surface area contributed by atoms with E-state index in [1.165, 1.54) is 12.0 Å². The normalized spacial score (nSPS) is 17.0. The number of esters is 2. The van der Waals surface area contributed by atoms with Crippen molar-refractivity contribution >= 4 is 40.5 Å². The van der Waals surface area contributed by atoms with E-state index in [-0.39, 0.29) is 30.8 Å².